The Bertz CT molecular complexity index is 298. The lowest BCUT2D eigenvalue weighted by Gasteiger charge is -2.09. The molecular formula is C5H3Cl3IN3. The molecule has 0 amide bonds. The SMILES string of the molecule is Nc1nc(C(Cl)(Cl)Cl)ncc1I. The summed E-state index contributed by atoms with van der Waals surface area (Å²) in [6, 6.07) is 0. The molecule has 7 heteroatoms. The molecule has 0 fully saturated rings. The monoisotopic (exact) mass is 337 g/mol. The predicted octanol–water partition coefficient (Wildman–Crippen LogP) is 2.49. The van der Waals surface area contributed by atoms with Crippen LogP contribution in [0.25, 0.3) is 0 Å². The highest BCUT2D eigenvalue weighted by atomic mass is 127. The summed E-state index contributed by atoms with van der Waals surface area (Å²) in [7, 11) is 0. The third kappa shape index (κ3) is 2.48. The minimum Gasteiger partial charge on any atom is -0.383 e. The van der Waals surface area contributed by atoms with Crippen molar-refractivity contribution in [3.8, 4) is 0 Å². The first-order valence-corrected chi connectivity index (χ1v) is 4.97. The molecule has 0 spiro atoms. The smallest absolute Gasteiger partial charge is 0.250 e. The molecule has 0 radical (unpaired) electrons. The van der Waals surface area contributed by atoms with E-state index in [0.29, 0.717) is 5.82 Å². The molecule has 66 valence electrons. The molecule has 0 aliphatic rings. The van der Waals surface area contributed by atoms with Gasteiger partial charge in [0, 0.05) is 6.20 Å². The first kappa shape index (κ1) is 10.6. The van der Waals surface area contributed by atoms with E-state index in [2.05, 4.69) is 9.97 Å². The van der Waals surface area contributed by atoms with Crippen molar-refractivity contribution < 1.29 is 0 Å². The van der Waals surface area contributed by atoms with Gasteiger partial charge in [-0.15, -0.1) is 0 Å². The quantitative estimate of drug-likeness (QED) is 0.584. The summed E-state index contributed by atoms with van der Waals surface area (Å²) in [5, 5.41) is 0. The number of rotatable bonds is 0. The third-order valence-electron chi connectivity index (χ3n) is 1.02. The molecule has 2 N–H and O–H groups in total. The molecule has 0 aromatic carbocycles. The third-order valence-corrected chi connectivity index (χ3v) is 2.36. The number of alkyl halides is 3. The van der Waals surface area contributed by atoms with Gasteiger partial charge in [-0.1, -0.05) is 34.8 Å². The van der Waals surface area contributed by atoms with Crippen molar-refractivity contribution in [3.63, 3.8) is 0 Å². The van der Waals surface area contributed by atoms with E-state index in [9.17, 15) is 0 Å². The van der Waals surface area contributed by atoms with E-state index in [4.69, 9.17) is 40.5 Å². The second kappa shape index (κ2) is 3.69. The Labute approximate surface area is 97.7 Å². The van der Waals surface area contributed by atoms with Crippen LogP contribution < -0.4 is 5.73 Å². The molecular weight excluding hydrogens is 335 g/mol. The Morgan fingerprint density at radius 3 is 2.42 bits per heavy atom. The molecule has 1 rings (SSSR count). The van der Waals surface area contributed by atoms with E-state index < -0.39 is 3.79 Å². The largest absolute Gasteiger partial charge is 0.383 e. The van der Waals surface area contributed by atoms with Crippen LogP contribution in [0, 0.1) is 3.57 Å². The van der Waals surface area contributed by atoms with Crippen LogP contribution in [0.1, 0.15) is 5.82 Å². The Morgan fingerprint density at radius 1 is 1.42 bits per heavy atom. The van der Waals surface area contributed by atoms with Gasteiger partial charge >= 0.3 is 0 Å². The van der Waals surface area contributed by atoms with Gasteiger partial charge in [0.15, 0.2) is 5.82 Å². The zero-order valence-corrected chi connectivity index (χ0v) is 9.99. The van der Waals surface area contributed by atoms with Crippen LogP contribution in [-0.4, -0.2) is 9.97 Å². The second-order valence-electron chi connectivity index (χ2n) is 1.92. The maximum Gasteiger partial charge on any atom is 0.250 e. The van der Waals surface area contributed by atoms with Crippen LogP contribution in [0.5, 0.6) is 0 Å². The maximum atomic E-state index is 5.53. The van der Waals surface area contributed by atoms with E-state index in [1.165, 1.54) is 6.20 Å². The first-order chi connectivity index (χ1) is 5.41. The second-order valence-corrected chi connectivity index (χ2v) is 5.37. The van der Waals surface area contributed by atoms with Gasteiger partial charge in [0.1, 0.15) is 5.82 Å². The summed E-state index contributed by atoms with van der Waals surface area (Å²) in [6.45, 7) is 0. The van der Waals surface area contributed by atoms with Crippen LogP contribution in [0.15, 0.2) is 6.20 Å². The van der Waals surface area contributed by atoms with Crippen LogP contribution >= 0.6 is 57.4 Å². The molecule has 0 aliphatic heterocycles. The van der Waals surface area contributed by atoms with E-state index in [0.717, 1.165) is 3.57 Å². The van der Waals surface area contributed by atoms with E-state index >= 15 is 0 Å². The molecule has 0 saturated carbocycles. The zero-order chi connectivity index (χ0) is 9.35. The number of hydrogen-bond donors (Lipinski definition) is 1. The van der Waals surface area contributed by atoms with Gasteiger partial charge in [-0.25, -0.2) is 9.97 Å². The fourth-order valence-corrected chi connectivity index (χ4v) is 1.05. The van der Waals surface area contributed by atoms with Gasteiger partial charge in [0.25, 0.3) is 0 Å². The Balaban J connectivity index is 3.14. The van der Waals surface area contributed by atoms with Gasteiger partial charge in [0.05, 0.1) is 3.57 Å². The minimum absolute atomic E-state index is 0.0883. The van der Waals surface area contributed by atoms with Gasteiger partial charge in [-0.05, 0) is 22.6 Å². The van der Waals surface area contributed by atoms with Crippen LogP contribution in [0.3, 0.4) is 0 Å². The Hall–Kier alpha value is 0.480. The van der Waals surface area contributed by atoms with Gasteiger partial charge in [0.2, 0.25) is 3.79 Å². The topological polar surface area (TPSA) is 51.8 Å². The lowest BCUT2D eigenvalue weighted by Crippen LogP contribution is -2.09. The van der Waals surface area contributed by atoms with E-state index in [1.54, 1.807) is 0 Å². The lowest BCUT2D eigenvalue weighted by atomic mass is 10.5. The fourth-order valence-electron chi connectivity index (χ4n) is 0.517. The van der Waals surface area contributed by atoms with Crippen molar-refractivity contribution in [2.24, 2.45) is 0 Å². The summed E-state index contributed by atoms with van der Waals surface area (Å²) >= 11 is 18.6. The number of halogens is 4. The molecule has 0 atom stereocenters. The highest BCUT2D eigenvalue weighted by molar-refractivity contribution is 14.1. The molecule has 0 unspecified atom stereocenters. The Morgan fingerprint density at radius 2 is 2.00 bits per heavy atom. The zero-order valence-electron chi connectivity index (χ0n) is 5.56. The van der Waals surface area contributed by atoms with Crippen molar-refractivity contribution >= 4 is 63.2 Å². The molecule has 0 bridgehead atoms. The molecule has 1 heterocycles. The van der Waals surface area contributed by atoms with Crippen molar-refractivity contribution in [3.05, 3.63) is 15.6 Å². The standard InChI is InChI=1S/C5H3Cl3IN3/c6-5(7,8)4-11-1-2(9)3(10)12-4/h1H,(H2,10,11,12). The summed E-state index contributed by atoms with van der Waals surface area (Å²) in [5.41, 5.74) is 5.48. The number of nitrogen functional groups attached to an aromatic ring is 1. The summed E-state index contributed by atoms with van der Waals surface area (Å²) in [4.78, 5) is 7.62. The molecule has 0 aliphatic carbocycles. The van der Waals surface area contributed by atoms with E-state index in [-0.39, 0.29) is 5.82 Å². The summed E-state index contributed by atoms with van der Waals surface area (Å²) in [5.74, 6) is 0.400. The highest BCUT2D eigenvalue weighted by Crippen LogP contribution is 2.36. The molecule has 0 saturated heterocycles. The van der Waals surface area contributed by atoms with Crippen LogP contribution in [0.2, 0.25) is 0 Å². The van der Waals surface area contributed by atoms with Gasteiger partial charge in [-0.3, -0.25) is 0 Å². The maximum absolute atomic E-state index is 5.53. The van der Waals surface area contributed by atoms with E-state index in [1.807, 2.05) is 22.6 Å². The Kier molecular flexibility index (Phi) is 3.25. The average molecular weight is 338 g/mol. The lowest BCUT2D eigenvalue weighted by molar-refractivity contribution is 0.969. The fraction of sp³-hybridized carbons (Fsp3) is 0.200. The van der Waals surface area contributed by atoms with Gasteiger partial charge in [-0.2, -0.15) is 0 Å². The molecule has 3 nitrogen and oxygen atoms in total. The van der Waals surface area contributed by atoms with Crippen molar-refractivity contribution in [1.29, 1.82) is 0 Å². The first-order valence-electron chi connectivity index (χ1n) is 2.76. The predicted molar refractivity (Wildman–Crippen MR) is 58.4 cm³/mol. The number of aromatic nitrogens is 2. The van der Waals surface area contributed by atoms with Crippen molar-refractivity contribution in [2.75, 3.05) is 5.73 Å². The van der Waals surface area contributed by atoms with Gasteiger partial charge < -0.3 is 5.73 Å². The minimum atomic E-state index is -1.61. The van der Waals surface area contributed by atoms with Crippen molar-refractivity contribution in [2.45, 2.75) is 3.79 Å². The van der Waals surface area contributed by atoms with Crippen LogP contribution in [0.4, 0.5) is 5.82 Å². The van der Waals surface area contributed by atoms with Crippen LogP contribution in [-0.2, 0) is 3.79 Å². The molecule has 12 heavy (non-hydrogen) atoms. The molecule has 1 aromatic heterocycles. The number of anilines is 1. The number of nitrogens with two attached hydrogens (primary N) is 1. The number of nitrogens with zero attached hydrogens (tertiary/aromatic N) is 2. The normalized spacial score (nSPS) is 11.7. The molecule has 1 aromatic rings. The summed E-state index contributed by atoms with van der Waals surface area (Å²) < 4.78 is -0.885. The highest BCUT2D eigenvalue weighted by Gasteiger charge is 2.26. The van der Waals surface area contributed by atoms with Crippen molar-refractivity contribution in [1.82, 2.24) is 9.97 Å². The number of hydrogen-bond acceptors (Lipinski definition) is 3. The average Bonchev–Trinajstić information content (AvgIpc) is 1.92. The summed E-state index contributed by atoms with van der Waals surface area (Å²) in [6.07, 6.45) is 1.50.